The molecule has 0 amide bonds. The van der Waals surface area contributed by atoms with Crippen molar-refractivity contribution in [2.24, 2.45) is 0 Å². The fourth-order valence-electron chi connectivity index (χ4n) is 2.89. The number of esters is 1. The normalized spacial score (nSPS) is 17.8. The Morgan fingerprint density at radius 3 is 3.12 bits per heavy atom. The van der Waals surface area contributed by atoms with Gasteiger partial charge < -0.3 is 4.74 Å². The van der Waals surface area contributed by atoms with Gasteiger partial charge in [0, 0.05) is 29.6 Å². The first-order valence-electron chi connectivity index (χ1n) is 7.59. The Kier molecular flexibility index (Phi) is 4.86. The molecule has 8 heteroatoms. The molecule has 3 rings (SSSR count). The van der Waals surface area contributed by atoms with Gasteiger partial charge >= 0.3 is 5.97 Å². The Morgan fingerprint density at radius 2 is 2.38 bits per heavy atom. The lowest BCUT2D eigenvalue weighted by molar-refractivity contribution is -0.384. The van der Waals surface area contributed by atoms with Crippen molar-refractivity contribution in [2.45, 2.75) is 25.4 Å². The Morgan fingerprint density at radius 1 is 1.54 bits per heavy atom. The van der Waals surface area contributed by atoms with E-state index in [-0.39, 0.29) is 17.7 Å². The van der Waals surface area contributed by atoms with E-state index in [0.29, 0.717) is 6.54 Å². The van der Waals surface area contributed by atoms with E-state index in [0.717, 1.165) is 35.7 Å². The lowest BCUT2D eigenvalue weighted by atomic mass is 10.2. The fraction of sp³-hybridized carbons (Fsp3) is 0.375. The molecule has 0 spiro atoms. The van der Waals surface area contributed by atoms with Gasteiger partial charge in [0.2, 0.25) is 0 Å². The van der Waals surface area contributed by atoms with Crippen LogP contribution in [0.1, 0.15) is 18.5 Å². The fourth-order valence-corrected chi connectivity index (χ4v) is 3.70. The molecule has 1 aliphatic rings. The van der Waals surface area contributed by atoms with Crippen molar-refractivity contribution in [2.75, 3.05) is 13.7 Å². The molecule has 1 fully saturated rings. The quantitative estimate of drug-likeness (QED) is 0.470. The van der Waals surface area contributed by atoms with Crippen LogP contribution in [0.5, 0.6) is 0 Å². The first-order chi connectivity index (χ1) is 11.6. The van der Waals surface area contributed by atoms with E-state index in [9.17, 15) is 14.9 Å². The van der Waals surface area contributed by atoms with E-state index in [4.69, 9.17) is 4.74 Å². The minimum atomic E-state index is -0.413. The molecule has 1 aliphatic heterocycles. The van der Waals surface area contributed by atoms with Crippen molar-refractivity contribution in [1.82, 2.24) is 9.88 Å². The summed E-state index contributed by atoms with van der Waals surface area (Å²) in [6.07, 6.45) is 1.76. The number of carbonyl (C=O) groups is 1. The molecule has 1 aromatic carbocycles. The van der Waals surface area contributed by atoms with Crippen molar-refractivity contribution in [3.8, 4) is 10.6 Å². The van der Waals surface area contributed by atoms with Crippen LogP contribution in [0.4, 0.5) is 5.69 Å². The number of benzene rings is 1. The second-order valence-corrected chi connectivity index (χ2v) is 6.46. The number of thiazole rings is 1. The van der Waals surface area contributed by atoms with E-state index in [1.54, 1.807) is 6.07 Å². The van der Waals surface area contributed by atoms with E-state index in [2.05, 4.69) is 9.88 Å². The Balaban J connectivity index is 1.75. The van der Waals surface area contributed by atoms with Crippen LogP contribution in [0.25, 0.3) is 10.6 Å². The highest BCUT2D eigenvalue weighted by molar-refractivity contribution is 7.13. The smallest absolute Gasteiger partial charge is 0.323 e. The van der Waals surface area contributed by atoms with E-state index in [1.807, 2.05) is 11.4 Å². The van der Waals surface area contributed by atoms with Gasteiger partial charge in [-0.25, -0.2) is 4.98 Å². The van der Waals surface area contributed by atoms with Crippen molar-refractivity contribution in [3.05, 3.63) is 45.5 Å². The zero-order valence-electron chi connectivity index (χ0n) is 13.2. The number of ether oxygens (including phenoxy) is 1. The highest BCUT2D eigenvalue weighted by Crippen LogP contribution is 2.28. The summed E-state index contributed by atoms with van der Waals surface area (Å²) >= 11 is 1.45. The number of carbonyl (C=O) groups excluding carboxylic acids is 1. The third-order valence-corrected chi connectivity index (χ3v) is 5.00. The van der Waals surface area contributed by atoms with Crippen LogP contribution in [-0.4, -0.2) is 40.5 Å². The Hall–Kier alpha value is -2.32. The molecule has 2 aromatic rings. The first-order valence-corrected chi connectivity index (χ1v) is 8.47. The molecule has 1 aromatic heterocycles. The van der Waals surface area contributed by atoms with Gasteiger partial charge in [-0.3, -0.25) is 19.8 Å². The Bertz CT molecular complexity index is 761. The molecule has 0 saturated carbocycles. The zero-order chi connectivity index (χ0) is 17.1. The van der Waals surface area contributed by atoms with Crippen molar-refractivity contribution in [1.29, 1.82) is 0 Å². The molecule has 2 heterocycles. The number of likely N-dealkylation sites (tertiary alicyclic amines) is 1. The molecule has 1 atom stereocenters. The molecular formula is C16H17N3O4S. The van der Waals surface area contributed by atoms with Gasteiger partial charge in [0.15, 0.2) is 0 Å². The summed E-state index contributed by atoms with van der Waals surface area (Å²) in [7, 11) is 1.40. The van der Waals surface area contributed by atoms with Crippen LogP contribution in [0.15, 0.2) is 29.6 Å². The minimum absolute atomic E-state index is 0.0505. The second-order valence-electron chi connectivity index (χ2n) is 5.60. The van der Waals surface area contributed by atoms with E-state index < -0.39 is 4.92 Å². The molecular weight excluding hydrogens is 330 g/mol. The van der Waals surface area contributed by atoms with Crippen LogP contribution < -0.4 is 0 Å². The summed E-state index contributed by atoms with van der Waals surface area (Å²) < 4.78 is 4.85. The summed E-state index contributed by atoms with van der Waals surface area (Å²) in [5.74, 6) is -0.207. The molecule has 126 valence electrons. The van der Waals surface area contributed by atoms with Crippen molar-refractivity contribution >= 4 is 23.0 Å². The number of rotatable bonds is 5. The third kappa shape index (κ3) is 3.44. The molecule has 24 heavy (non-hydrogen) atoms. The number of hydrogen-bond acceptors (Lipinski definition) is 7. The van der Waals surface area contributed by atoms with Crippen LogP contribution >= 0.6 is 11.3 Å². The summed E-state index contributed by atoms with van der Waals surface area (Å²) in [4.78, 5) is 28.9. The number of methoxy groups -OCH3 is 1. The molecule has 0 aliphatic carbocycles. The third-order valence-electron chi connectivity index (χ3n) is 4.06. The summed E-state index contributed by atoms with van der Waals surface area (Å²) in [6, 6.07) is 6.24. The highest BCUT2D eigenvalue weighted by Gasteiger charge is 2.31. The molecule has 0 radical (unpaired) electrons. The maximum absolute atomic E-state index is 11.8. The van der Waals surface area contributed by atoms with Crippen LogP contribution in [0, 0.1) is 10.1 Å². The largest absolute Gasteiger partial charge is 0.468 e. The molecule has 0 N–H and O–H groups in total. The van der Waals surface area contributed by atoms with Crippen LogP contribution in [-0.2, 0) is 16.1 Å². The van der Waals surface area contributed by atoms with E-state index in [1.165, 1.54) is 30.6 Å². The van der Waals surface area contributed by atoms with Gasteiger partial charge in [0.05, 0.1) is 17.7 Å². The molecule has 0 unspecified atom stereocenters. The molecule has 7 nitrogen and oxygen atoms in total. The average molecular weight is 347 g/mol. The zero-order valence-corrected chi connectivity index (χ0v) is 14.0. The lowest BCUT2D eigenvalue weighted by Gasteiger charge is -2.21. The van der Waals surface area contributed by atoms with Gasteiger partial charge in [-0.05, 0) is 19.4 Å². The number of aromatic nitrogens is 1. The van der Waals surface area contributed by atoms with Crippen LogP contribution in [0.3, 0.4) is 0 Å². The lowest BCUT2D eigenvalue weighted by Crippen LogP contribution is -2.36. The van der Waals surface area contributed by atoms with Gasteiger partial charge in [0.1, 0.15) is 11.0 Å². The van der Waals surface area contributed by atoms with Gasteiger partial charge in [-0.2, -0.15) is 0 Å². The number of hydrogen-bond donors (Lipinski definition) is 0. The topological polar surface area (TPSA) is 85.6 Å². The van der Waals surface area contributed by atoms with Gasteiger partial charge in [-0.1, -0.05) is 12.1 Å². The van der Waals surface area contributed by atoms with Crippen molar-refractivity contribution in [3.63, 3.8) is 0 Å². The Labute approximate surface area is 143 Å². The number of nitro groups is 1. The van der Waals surface area contributed by atoms with Gasteiger partial charge in [0.25, 0.3) is 5.69 Å². The monoisotopic (exact) mass is 347 g/mol. The maximum Gasteiger partial charge on any atom is 0.323 e. The predicted molar refractivity (Wildman–Crippen MR) is 89.7 cm³/mol. The standard InChI is InChI=1S/C16H17N3O4S/c1-23-16(20)14-6-3-7-18(14)9-12-10-24-15(17-12)11-4-2-5-13(8-11)19(21)22/h2,4-5,8,10,14H,3,6-7,9H2,1H3/t14-/m0/s1. The SMILES string of the molecule is COC(=O)[C@@H]1CCCN1Cc1csc(-c2cccc([N+](=O)[O-])c2)n1. The summed E-state index contributed by atoms with van der Waals surface area (Å²) in [5.41, 5.74) is 1.64. The van der Waals surface area contributed by atoms with Crippen LogP contribution in [0.2, 0.25) is 0 Å². The average Bonchev–Trinajstić information content (AvgIpc) is 3.24. The first kappa shape index (κ1) is 16.5. The summed E-state index contributed by atoms with van der Waals surface area (Å²) in [5, 5.41) is 13.6. The van der Waals surface area contributed by atoms with Gasteiger partial charge in [-0.15, -0.1) is 11.3 Å². The van der Waals surface area contributed by atoms with Crippen molar-refractivity contribution < 1.29 is 14.5 Å². The number of nitrogens with zero attached hydrogens (tertiary/aromatic N) is 3. The minimum Gasteiger partial charge on any atom is -0.468 e. The molecule has 1 saturated heterocycles. The van der Waals surface area contributed by atoms with E-state index >= 15 is 0 Å². The number of nitro benzene ring substituents is 1. The highest BCUT2D eigenvalue weighted by atomic mass is 32.1. The number of non-ortho nitro benzene ring substituents is 1. The second kappa shape index (κ2) is 7.06. The predicted octanol–water partition coefficient (Wildman–Crippen LogP) is 2.86. The summed E-state index contributed by atoms with van der Waals surface area (Å²) in [6.45, 7) is 1.41. The maximum atomic E-state index is 11.8. The molecule has 0 bridgehead atoms.